The second-order valence-corrected chi connectivity index (χ2v) is 6.13. The summed E-state index contributed by atoms with van der Waals surface area (Å²) in [6.07, 6.45) is -4.97. The highest BCUT2D eigenvalue weighted by Gasteiger charge is 2.33. The quantitative estimate of drug-likeness (QED) is 0.717. The van der Waals surface area contributed by atoms with Crippen LogP contribution in [0.2, 0.25) is 0 Å². The Morgan fingerprint density at radius 2 is 2.00 bits per heavy atom. The maximum atomic E-state index is 12.8. The van der Waals surface area contributed by atoms with Gasteiger partial charge >= 0.3 is 6.36 Å². The molecule has 0 saturated carbocycles. The molecule has 2 amide bonds. The number of benzene rings is 2. The molecule has 2 heterocycles. The van der Waals surface area contributed by atoms with Gasteiger partial charge in [-0.25, -0.2) is 4.98 Å². The van der Waals surface area contributed by atoms with Gasteiger partial charge in [0.05, 0.1) is 17.5 Å². The minimum absolute atomic E-state index is 0.115. The molecule has 7 nitrogen and oxygen atoms in total. The Morgan fingerprint density at radius 1 is 1.21 bits per heavy atom. The molecular weight excluding hydrogens is 377 g/mol. The summed E-state index contributed by atoms with van der Waals surface area (Å²) >= 11 is 0. The number of ether oxygens (including phenoxy) is 1. The van der Waals surface area contributed by atoms with Crippen molar-refractivity contribution >= 4 is 34.5 Å². The SMILES string of the molecule is O=C1C[C@@H](C(=O)Nc2cccc(OC(F)(F)F)c2)n2c(nc3ccccc32)N1. The van der Waals surface area contributed by atoms with Crippen molar-refractivity contribution in [1.82, 2.24) is 9.55 Å². The number of alkyl halides is 3. The predicted octanol–water partition coefficient (Wildman–Crippen LogP) is 3.46. The van der Waals surface area contributed by atoms with Crippen LogP contribution < -0.4 is 15.4 Å². The molecule has 2 N–H and O–H groups in total. The summed E-state index contributed by atoms with van der Waals surface area (Å²) in [6.45, 7) is 0. The first-order valence-electron chi connectivity index (χ1n) is 8.24. The van der Waals surface area contributed by atoms with Crippen LogP contribution in [0.3, 0.4) is 0 Å². The number of imidazole rings is 1. The van der Waals surface area contributed by atoms with E-state index < -0.39 is 24.1 Å². The lowest BCUT2D eigenvalue weighted by atomic mass is 10.1. The Balaban J connectivity index is 1.63. The molecule has 144 valence electrons. The van der Waals surface area contributed by atoms with E-state index in [0.29, 0.717) is 11.0 Å². The maximum absolute atomic E-state index is 12.8. The number of para-hydroxylation sites is 2. The van der Waals surface area contributed by atoms with Gasteiger partial charge in [-0.05, 0) is 24.3 Å². The molecule has 28 heavy (non-hydrogen) atoms. The molecule has 4 rings (SSSR count). The summed E-state index contributed by atoms with van der Waals surface area (Å²) in [4.78, 5) is 29.1. The molecule has 1 aromatic heterocycles. The van der Waals surface area contributed by atoms with Gasteiger partial charge in [0.2, 0.25) is 17.8 Å². The molecule has 10 heteroatoms. The minimum atomic E-state index is -4.84. The van der Waals surface area contributed by atoms with Crippen molar-refractivity contribution in [2.75, 3.05) is 10.6 Å². The number of anilines is 2. The average molecular weight is 390 g/mol. The highest BCUT2D eigenvalue weighted by molar-refractivity contribution is 6.03. The average Bonchev–Trinajstić information content (AvgIpc) is 2.97. The molecule has 1 atom stereocenters. The molecular formula is C18H13F3N4O3. The van der Waals surface area contributed by atoms with E-state index in [4.69, 9.17) is 0 Å². The van der Waals surface area contributed by atoms with Gasteiger partial charge in [0.25, 0.3) is 0 Å². The monoisotopic (exact) mass is 390 g/mol. The van der Waals surface area contributed by atoms with Gasteiger partial charge < -0.3 is 10.1 Å². The fourth-order valence-corrected chi connectivity index (χ4v) is 3.10. The van der Waals surface area contributed by atoms with Crippen molar-refractivity contribution in [2.45, 2.75) is 18.8 Å². The third-order valence-corrected chi connectivity index (χ3v) is 4.18. The van der Waals surface area contributed by atoms with Crippen molar-refractivity contribution in [3.8, 4) is 5.75 Å². The molecule has 3 aromatic rings. The summed E-state index contributed by atoms with van der Waals surface area (Å²) in [5.74, 6) is -1.15. The molecule has 0 saturated heterocycles. The summed E-state index contributed by atoms with van der Waals surface area (Å²) in [5.41, 5.74) is 1.38. The van der Waals surface area contributed by atoms with Gasteiger partial charge in [0, 0.05) is 11.8 Å². The van der Waals surface area contributed by atoms with Crippen LogP contribution in [0.25, 0.3) is 11.0 Å². The molecule has 2 aromatic carbocycles. The van der Waals surface area contributed by atoms with E-state index in [2.05, 4.69) is 20.4 Å². The van der Waals surface area contributed by atoms with E-state index in [-0.39, 0.29) is 24.0 Å². The minimum Gasteiger partial charge on any atom is -0.406 e. The van der Waals surface area contributed by atoms with Crippen LogP contribution in [0.5, 0.6) is 5.75 Å². The lowest BCUT2D eigenvalue weighted by molar-refractivity contribution is -0.274. The lowest BCUT2D eigenvalue weighted by Crippen LogP contribution is -2.35. The first-order chi connectivity index (χ1) is 13.3. The second-order valence-electron chi connectivity index (χ2n) is 6.13. The summed E-state index contributed by atoms with van der Waals surface area (Å²) in [5, 5.41) is 5.16. The maximum Gasteiger partial charge on any atom is 0.573 e. The number of fused-ring (bicyclic) bond motifs is 3. The van der Waals surface area contributed by atoms with Gasteiger partial charge in [-0.15, -0.1) is 13.2 Å². The number of hydrogen-bond acceptors (Lipinski definition) is 4. The highest BCUT2D eigenvalue weighted by atomic mass is 19.4. The van der Waals surface area contributed by atoms with Crippen molar-refractivity contribution in [3.63, 3.8) is 0 Å². The zero-order chi connectivity index (χ0) is 19.9. The third-order valence-electron chi connectivity index (χ3n) is 4.18. The van der Waals surface area contributed by atoms with Gasteiger partial charge in [0.1, 0.15) is 11.8 Å². The predicted molar refractivity (Wildman–Crippen MR) is 93.8 cm³/mol. The number of hydrogen-bond donors (Lipinski definition) is 2. The van der Waals surface area contributed by atoms with Crippen molar-refractivity contribution in [1.29, 1.82) is 0 Å². The summed E-state index contributed by atoms with van der Waals surface area (Å²) in [7, 11) is 0. The van der Waals surface area contributed by atoms with E-state index in [9.17, 15) is 22.8 Å². The van der Waals surface area contributed by atoms with Crippen LogP contribution in [0.4, 0.5) is 24.8 Å². The Hall–Kier alpha value is -3.56. The highest BCUT2D eigenvalue weighted by Crippen LogP contribution is 2.31. The van der Waals surface area contributed by atoms with E-state index >= 15 is 0 Å². The van der Waals surface area contributed by atoms with Crippen LogP contribution >= 0.6 is 0 Å². The van der Waals surface area contributed by atoms with Gasteiger partial charge in [-0.3, -0.25) is 19.5 Å². The topological polar surface area (TPSA) is 85.2 Å². The van der Waals surface area contributed by atoms with Crippen LogP contribution in [0.1, 0.15) is 12.5 Å². The third kappa shape index (κ3) is 3.48. The Bertz CT molecular complexity index is 1080. The summed E-state index contributed by atoms with van der Waals surface area (Å²) < 4.78 is 42.6. The molecule has 1 aliphatic rings. The Labute approximate surface area is 156 Å². The van der Waals surface area contributed by atoms with Crippen molar-refractivity contribution in [3.05, 3.63) is 48.5 Å². The van der Waals surface area contributed by atoms with Gasteiger partial charge in [-0.2, -0.15) is 0 Å². The van der Waals surface area contributed by atoms with E-state index in [0.717, 1.165) is 12.1 Å². The smallest absolute Gasteiger partial charge is 0.406 e. The van der Waals surface area contributed by atoms with Crippen LogP contribution in [0.15, 0.2) is 48.5 Å². The molecule has 0 radical (unpaired) electrons. The fourth-order valence-electron chi connectivity index (χ4n) is 3.10. The molecule has 0 spiro atoms. The fraction of sp³-hybridized carbons (Fsp3) is 0.167. The van der Waals surface area contributed by atoms with E-state index in [1.54, 1.807) is 28.8 Å². The van der Waals surface area contributed by atoms with Gasteiger partial charge in [0.15, 0.2) is 0 Å². The molecule has 0 bridgehead atoms. The van der Waals surface area contributed by atoms with E-state index in [1.807, 2.05) is 0 Å². The molecule has 0 unspecified atom stereocenters. The first-order valence-corrected chi connectivity index (χ1v) is 8.24. The number of amides is 2. The van der Waals surface area contributed by atoms with Crippen LogP contribution in [0, 0.1) is 0 Å². The number of rotatable bonds is 3. The lowest BCUT2D eigenvalue weighted by Gasteiger charge is -2.25. The number of aromatic nitrogens is 2. The van der Waals surface area contributed by atoms with E-state index in [1.165, 1.54) is 12.1 Å². The van der Waals surface area contributed by atoms with Crippen LogP contribution in [-0.2, 0) is 9.59 Å². The molecule has 1 aliphatic heterocycles. The molecule has 0 aliphatic carbocycles. The normalized spacial score (nSPS) is 16.4. The summed E-state index contributed by atoms with van der Waals surface area (Å²) in [6, 6.07) is 11.1. The van der Waals surface area contributed by atoms with Crippen molar-refractivity contribution < 1.29 is 27.5 Å². The number of carbonyl (C=O) groups excluding carboxylic acids is 2. The number of nitrogens with one attached hydrogen (secondary N) is 2. The standard InChI is InChI=1S/C18H13F3N4O3/c19-18(20,21)28-11-5-3-4-10(8-11)22-16(27)14-9-15(26)24-17-23-12-6-1-2-7-13(12)25(14)17/h1-8,14H,9H2,(H,22,27)(H,23,24,26)/t14-/m0/s1. The molecule has 0 fully saturated rings. The number of nitrogens with zero attached hydrogens (tertiary/aromatic N) is 2. The Morgan fingerprint density at radius 3 is 2.79 bits per heavy atom. The Kier molecular flexibility index (Phi) is 4.17. The van der Waals surface area contributed by atoms with Gasteiger partial charge in [-0.1, -0.05) is 18.2 Å². The second kappa shape index (κ2) is 6.55. The zero-order valence-electron chi connectivity index (χ0n) is 14.2. The zero-order valence-corrected chi connectivity index (χ0v) is 14.2. The first kappa shape index (κ1) is 17.8. The van der Waals surface area contributed by atoms with Crippen molar-refractivity contribution in [2.24, 2.45) is 0 Å². The number of halogens is 3. The largest absolute Gasteiger partial charge is 0.573 e. The van der Waals surface area contributed by atoms with Crippen LogP contribution in [-0.4, -0.2) is 27.7 Å². The number of carbonyl (C=O) groups is 2.